The molecule has 0 aromatic carbocycles. The van der Waals surface area contributed by atoms with Gasteiger partial charge in [0.1, 0.15) is 0 Å². The van der Waals surface area contributed by atoms with E-state index in [1.807, 2.05) is 0 Å². The Kier molecular flexibility index (Phi) is 5.14. The number of terminal acetylenes is 1. The van der Waals surface area contributed by atoms with Crippen LogP contribution in [-0.4, -0.2) is 37.1 Å². The van der Waals surface area contributed by atoms with Crippen LogP contribution in [-0.2, 0) is 0 Å². The van der Waals surface area contributed by atoms with Crippen molar-refractivity contribution in [3.63, 3.8) is 0 Å². The van der Waals surface area contributed by atoms with Crippen LogP contribution >= 0.6 is 0 Å². The van der Waals surface area contributed by atoms with E-state index in [0.717, 1.165) is 12.3 Å². The lowest BCUT2D eigenvalue weighted by Crippen LogP contribution is -2.44. The number of nitrogens with one attached hydrogen (secondary N) is 1. The molecule has 0 radical (unpaired) electrons. The molecule has 0 amide bonds. The Labute approximate surface area is 94.4 Å². The predicted octanol–water partition coefficient (Wildman–Crippen LogP) is 1.72. The molecule has 1 heterocycles. The highest BCUT2D eigenvalue weighted by Crippen LogP contribution is 2.19. The molecule has 1 aliphatic heterocycles. The van der Waals surface area contributed by atoms with Gasteiger partial charge in [-0.25, -0.2) is 0 Å². The Hall–Kier alpha value is -0.520. The van der Waals surface area contributed by atoms with Crippen LogP contribution in [0.2, 0.25) is 0 Å². The molecule has 1 saturated heterocycles. The molecule has 0 aromatic heterocycles. The summed E-state index contributed by atoms with van der Waals surface area (Å²) in [5.74, 6) is 3.60. The lowest BCUT2D eigenvalue weighted by Gasteiger charge is -2.34. The minimum Gasteiger partial charge on any atom is -0.306 e. The van der Waals surface area contributed by atoms with Crippen molar-refractivity contribution in [2.24, 2.45) is 5.92 Å². The molecule has 1 aliphatic rings. The van der Waals surface area contributed by atoms with Crippen LogP contribution in [0.1, 0.15) is 33.1 Å². The summed E-state index contributed by atoms with van der Waals surface area (Å²) >= 11 is 0. The molecule has 15 heavy (non-hydrogen) atoms. The van der Waals surface area contributed by atoms with Gasteiger partial charge in [-0.05, 0) is 52.2 Å². The summed E-state index contributed by atoms with van der Waals surface area (Å²) in [5, 5.41) is 3.55. The first-order chi connectivity index (χ1) is 7.17. The van der Waals surface area contributed by atoms with Crippen LogP contribution in [0.15, 0.2) is 0 Å². The molecule has 2 heteroatoms. The molecule has 2 unspecified atom stereocenters. The standard InChI is InChI=1S/C13H24N2/c1-5-13(6-2)14-11(3)12-7-9-15(4)10-8-12/h1,11-14H,6-10H2,2-4H3. The van der Waals surface area contributed by atoms with E-state index in [2.05, 4.69) is 37.0 Å². The number of hydrogen-bond donors (Lipinski definition) is 1. The van der Waals surface area contributed by atoms with Crippen molar-refractivity contribution in [2.75, 3.05) is 20.1 Å². The van der Waals surface area contributed by atoms with E-state index in [9.17, 15) is 0 Å². The molecule has 1 fully saturated rings. The molecule has 1 rings (SSSR count). The Morgan fingerprint density at radius 1 is 1.47 bits per heavy atom. The topological polar surface area (TPSA) is 15.3 Å². The molecule has 1 N–H and O–H groups in total. The summed E-state index contributed by atoms with van der Waals surface area (Å²) in [6.45, 7) is 6.86. The van der Waals surface area contributed by atoms with Gasteiger partial charge in [0.2, 0.25) is 0 Å². The second-order valence-corrected chi connectivity index (χ2v) is 4.72. The smallest absolute Gasteiger partial charge is 0.0686 e. The van der Waals surface area contributed by atoms with Crippen LogP contribution in [0, 0.1) is 18.3 Å². The molecular formula is C13H24N2. The maximum atomic E-state index is 5.46. The van der Waals surface area contributed by atoms with Gasteiger partial charge in [0, 0.05) is 6.04 Å². The van der Waals surface area contributed by atoms with Gasteiger partial charge in [0.15, 0.2) is 0 Å². The van der Waals surface area contributed by atoms with Crippen LogP contribution in [0.4, 0.5) is 0 Å². The van der Waals surface area contributed by atoms with Crippen molar-refractivity contribution in [1.82, 2.24) is 10.2 Å². The van der Waals surface area contributed by atoms with Gasteiger partial charge in [-0.3, -0.25) is 0 Å². The average molecular weight is 208 g/mol. The minimum absolute atomic E-state index is 0.250. The summed E-state index contributed by atoms with van der Waals surface area (Å²) in [7, 11) is 2.20. The van der Waals surface area contributed by atoms with Gasteiger partial charge in [-0.1, -0.05) is 12.8 Å². The molecule has 0 aromatic rings. The second kappa shape index (κ2) is 6.15. The van der Waals surface area contributed by atoms with Crippen molar-refractivity contribution >= 4 is 0 Å². The number of hydrogen-bond acceptors (Lipinski definition) is 2. The largest absolute Gasteiger partial charge is 0.306 e. The van der Waals surface area contributed by atoms with Crippen molar-refractivity contribution in [2.45, 2.75) is 45.2 Å². The van der Waals surface area contributed by atoms with Crippen LogP contribution in [0.5, 0.6) is 0 Å². The maximum absolute atomic E-state index is 5.46. The molecule has 86 valence electrons. The average Bonchev–Trinajstić information content (AvgIpc) is 2.26. The predicted molar refractivity (Wildman–Crippen MR) is 65.7 cm³/mol. The van der Waals surface area contributed by atoms with Crippen LogP contribution < -0.4 is 5.32 Å². The van der Waals surface area contributed by atoms with Gasteiger partial charge in [-0.15, -0.1) is 6.42 Å². The van der Waals surface area contributed by atoms with E-state index in [4.69, 9.17) is 6.42 Å². The maximum Gasteiger partial charge on any atom is 0.0686 e. The van der Waals surface area contributed by atoms with E-state index < -0.39 is 0 Å². The zero-order chi connectivity index (χ0) is 11.3. The molecule has 0 bridgehead atoms. The lowest BCUT2D eigenvalue weighted by molar-refractivity contribution is 0.187. The summed E-state index contributed by atoms with van der Waals surface area (Å²) < 4.78 is 0. The third kappa shape index (κ3) is 3.85. The highest BCUT2D eigenvalue weighted by molar-refractivity contribution is 4.99. The van der Waals surface area contributed by atoms with Crippen LogP contribution in [0.25, 0.3) is 0 Å². The van der Waals surface area contributed by atoms with Gasteiger partial charge in [0.05, 0.1) is 6.04 Å². The van der Waals surface area contributed by atoms with E-state index in [1.54, 1.807) is 0 Å². The van der Waals surface area contributed by atoms with Gasteiger partial charge in [-0.2, -0.15) is 0 Å². The van der Waals surface area contributed by atoms with Crippen molar-refractivity contribution in [3.8, 4) is 12.3 Å². The van der Waals surface area contributed by atoms with Crippen molar-refractivity contribution < 1.29 is 0 Å². The summed E-state index contributed by atoms with van der Waals surface area (Å²) in [6, 6.07) is 0.805. The van der Waals surface area contributed by atoms with Gasteiger partial charge in [0.25, 0.3) is 0 Å². The normalized spacial score (nSPS) is 23.3. The first-order valence-electron chi connectivity index (χ1n) is 6.08. The fourth-order valence-electron chi connectivity index (χ4n) is 2.27. The number of rotatable bonds is 4. The minimum atomic E-state index is 0.250. The Balaban J connectivity index is 2.34. The van der Waals surface area contributed by atoms with E-state index in [-0.39, 0.29) is 6.04 Å². The molecule has 0 aliphatic carbocycles. The zero-order valence-corrected chi connectivity index (χ0v) is 10.3. The van der Waals surface area contributed by atoms with E-state index >= 15 is 0 Å². The first kappa shape index (κ1) is 12.5. The third-order valence-corrected chi connectivity index (χ3v) is 3.54. The summed E-state index contributed by atoms with van der Waals surface area (Å²) in [6.07, 6.45) is 9.08. The molecule has 2 nitrogen and oxygen atoms in total. The van der Waals surface area contributed by atoms with Gasteiger partial charge >= 0.3 is 0 Å². The molecule has 2 atom stereocenters. The van der Waals surface area contributed by atoms with Crippen molar-refractivity contribution in [1.29, 1.82) is 0 Å². The first-order valence-corrected chi connectivity index (χ1v) is 6.08. The number of nitrogens with zero attached hydrogens (tertiary/aromatic N) is 1. The summed E-state index contributed by atoms with van der Waals surface area (Å²) in [5.41, 5.74) is 0. The molecular weight excluding hydrogens is 184 g/mol. The Bertz CT molecular complexity index is 211. The zero-order valence-electron chi connectivity index (χ0n) is 10.3. The fraction of sp³-hybridized carbons (Fsp3) is 0.846. The Morgan fingerprint density at radius 2 is 2.07 bits per heavy atom. The highest BCUT2D eigenvalue weighted by atomic mass is 15.1. The quantitative estimate of drug-likeness (QED) is 0.708. The van der Waals surface area contributed by atoms with Crippen LogP contribution in [0.3, 0.4) is 0 Å². The highest BCUT2D eigenvalue weighted by Gasteiger charge is 2.22. The fourth-order valence-corrected chi connectivity index (χ4v) is 2.27. The van der Waals surface area contributed by atoms with Gasteiger partial charge < -0.3 is 10.2 Å². The number of piperidine rings is 1. The lowest BCUT2D eigenvalue weighted by atomic mass is 9.90. The Morgan fingerprint density at radius 3 is 2.53 bits per heavy atom. The van der Waals surface area contributed by atoms with Crippen molar-refractivity contribution in [3.05, 3.63) is 0 Å². The summed E-state index contributed by atoms with van der Waals surface area (Å²) in [4.78, 5) is 2.40. The second-order valence-electron chi connectivity index (χ2n) is 4.72. The van der Waals surface area contributed by atoms with E-state index in [1.165, 1.54) is 25.9 Å². The number of likely N-dealkylation sites (tertiary alicyclic amines) is 1. The SMILES string of the molecule is C#CC(CC)NC(C)C1CCN(C)CC1. The molecule has 0 spiro atoms. The monoisotopic (exact) mass is 208 g/mol. The third-order valence-electron chi connectivity index (χ3n) is 3.54. The molecule has 0 saturated carbocycles. The van der Waals surface area contributed by atoms with E-state index in [0.29, 0.717) is 6.04 Å².